The van der Waals surface area contributed by atoms with E-state index in [1.165, 1.54) is 0 Å². The number of carbonyl (C=O) groups is 3. The van der Waals surface area contributed by atoms with Crippen LogP contribution in [0.1, 0.15) is 20.8 Å². The summed E-state index contributed by atoms with van der Waals surface area (Å²) < 4.78 is 4.92. The van der Waals surface area contributed by atoms with E-state index in [1.54, 1.807) is 16.7 Å². The number of hydrogen-bond acceptors (Lipinski definition) is 4. The maximum absolute atomic E-state index is 12.4. The first-order valence-corrected chi connectivity index (χ1v) is 7.24. The molecule has 2 rings (SSSR count). The van der Waals surface area contributed by atoms with Crippen LogP contribution in [0.4, 0.5) is 4.79 Å². The van der Waals surface area contributed by atoms with E-state index in [2.05, 4.69) is 0 Å². The number of piperazine rings is 1. The molecule has 0 aromatic rings. The van der Waals surface area contributed by atoms with Crippen LogP contribution < -0.4 is 0 Å². The van der Waals surface area contributed by atoms with Crippen molar-refractivity contribution < 1.29 is 24.2 Å². The second-order valence-corrected chi connectivity index (χ2v) is 6.13. The molecule has 1 N–H and O–H groups in total. The predicted molar refractivity (Wildman–Crippen MR) is 73.6 cm³/mol. The van der Waals surface area contributed by atoms with Gasteiger partial charge in [-0.05, 0) is 12.3 Å². The first-order valence-electron chi connectivity index (χ1n) is 7.24. The zero-order valence-corrected chi connectivity index (χ0v) is 12.7. The van der Waals surface area contributed by atoms with Gasteiger partial charge in [0.2, 0.25) is 5.91 Å². The quantitative estimate of drug-likeness (QED) is 0.826. The molecular formula is C14H22N2O5. The SMILES string of the molecule is CCOC(=O)N1CCN(C(=O)[C@@H]2[C@H](C(=O)O)C2(C)C)CC1. The highest BCUT2D eigenvalue weighted by Gasteiger charge is 2.66. The highest BCUT2D eigenvalue weighted by atomic mass is 16.6. The molecule has 2 aliphatic rings. The lowest BCUT2D eigenvalue weighted by atomic mass is 10.1. The van der Waals surface area contributed by atoms with Crippen molar-refractivity contribution >= 4 is 18.0 Å². The van der Waals surface area contributed by atoms with E-state index in [0.29, 0.717) is 32.8 Å². The molecule has 0 aromatic heterocycles. The van der Waals surface area contributed by atoms with E-state index in [1.807, 2.05) is 13.8 Å². The molecule has 1 saturated carbocycles. The largest absolute Gasteiger partial charge is 0.481 e. The van der Waals surface area contributed by atoms with Crippen LogP contribution in [0.15, 0.2) is 0 Å². The van der Waals surface area contributed by atoms with Gasteiger partial charge in [-0.25, -0.2) is 4.79 Å². The fourth-order valence-corrected chi connectivity index (χ4v) is 3.08. The van der Waals surface area contributed by atoms with Crippen molar-refractivity contribution in [1.29, 1.82) is 0 Å². The van der Waals surface area contributed by atoms with E-state index in [9.17, 15) is 14.4 Å². The van der Waals surface area contributed by atoms with E-state index in [0.717, 1.165) is 0 Å². The van der Waals surface area contributed by atoms with Crippen LogP contribution in [0.3, 0.4) is 0 Å². The lowest BCUT2D eigenvalue weighted by Crippen LogP contribution is -2.51. The number of ether oxygens (including phenoxy) is 1. The number of aliphatic carboxylic acids is 1. The van der Waals surface area contributed by atoms with Crippen LogP contribution in [0.2, 0.25) is 0 Å². The Hall–Kier alpha value is -1.79. The average Bonchev–Trinajstić information content (AvgIpc) is 3.01. The molecular weight excluding hydrogens is 276 g/mol. The van der Waals surface area contributed by atoms with Crippen LogP contribution in [-0.4, -0.2) is 65.7 Å². The fraction of sp³-hybridized carbons (Fsp3) is 0.786. The smallest absolute Gasteiger partial charge is 0.409 e. The molecule has 0 spiro atoms. The van der Waals surface area contributed by atoms with E-state index < -0.39 is 23.2 Å². The second-order valence-electron chi connectivity index (χ2n) is 6.13. The Balaban J connectivity index is 1.90. The lowest BCUT2D eigenvalue weighted by Gasteiger charge is -2.34. The Morgan fingerprint density at radius 1 is 1.10 bits per heavy atom. The molecule has 7 heteroatoms. The molecule has 2 fully saturated rings. The molecule has 1 aliphatic carbocycles. The summed E-state index contributed by atoms with van der Waals surface area (Å²) in [5.41, 5.74) is -0.485. The Kier molecular flexibility index (Phi) is 4.11. The zero-order valence-electron chi connectivity index (χ0n) is 12.7. The van der Waals surface area contributed by atoms with Gasteiger partial charge in [-0.2, -0.15) is 0 Å². The van der Waals surface area contributed by atoms with Crippen molar-refractivity contribution in [3.63, 3.8) is 0 Å². The lowest BCUT2D eigenvalue weighted by molar-refractivity contribution is -0.142. The van der Waals surface area contributed by atoms with Crippen LogP contribution >= 0.6 is 0 Å². The highest BCUT2D eigenvalue weighted by molar-refractivity contribution is 5.91. The Morgan fingerprint density at radius 3 is 2.05 bits per heavy atom. The van der Waals surface area contributed by atoms with Gasteiger partial charge in [0.05, 0.1) is 18.4 Å². The monoisotopic (exact) mass is 298 g/mol. The number of rotatable bonds is 3. The van der Waals surface area contributed by atoms with Gasteiger partial charge in [0.1, 0.15) is 0 Å². The molecule has 0 unspecified atom stereocenters. The van der Waals surface area contributed by atoms with Crippen molar-refractivity contribution in [2.75, 3.05) is 32.8 Å². The normalized spacial score (nSPS) is 27.2. The molecule has 1 saturated heterocycles. The summed E-state index contributed by atoms with van der Waals surface area (Å²) in [6, 6.07) is 0. The van der Waals surface area contributed by atoms with Crippen LogP contribution in [0, 0.1) is 17.3 Å². The van der Waals surface area contributed by atoms with Crippen LogP contribution in [-0.2, 0) is 14.3 Å². The second kappa shape index (κ2) is 5.54. The van der Waals surface area contributed by atoms with Gasteiger partial charge in [-0.1, -0.05) is 13.8 Å². The van der Waals surface area contributed by atoms with Gasteiger partial charge < -0.3 is 19.6 Å². The molecule has 0 bridgehead atoms. The minimum Gasteiger partial charge on any atom is -0.481 e. The first-order chi connectivity index (χ1) is 9.80. The standard InChI is InChI=1S/C14H22N2O5/c1-4-21-13(20)16-7-5-15(6-8-16)11(17)9-10(12(18)19)14(9,2)3/h9-10H,4-8H2,1-3H3,(H,18,19)/t9-,10+/m0/s1. The molecule has 2 amide bonds. The van der Waals surface area contributed by atoms with Crippen molar-refractivity contribution in [3.05, 3.63) is 0 Å². The van der Waals surface area contributed by atoms with Gasteiger partial charge in [0, 0.05) is 26.2 Å². The van der Waals surface area contributed by atoms with E-state index >= 15 is 0 Å². The van der Waals surface area contributed by atoms with Gasteiger partial charge in [0.25, 0.3) is 0 Å². The highest BCUT2D eigenvalue weighted by Crippen LogP contribution is 2.59. The summed E-state index contributed by atoms with van der Waals surface area (Å²) in [5.74, 6) is -2.09. The molecule has 7 nitrogen and oxygen atoms in total. The minimum absolute atomic E-state index is 0.115. The topological polar surface area (TPSA) is 87.2 Å². The van der Waals surface area contributed by atoms with Crippen LogP contribution in [0.5, 0.6) is 0 Å². The van der Waals surface area contributed by atoms with Crippen molar-refractivity contribution in [1.82, 2.24) is 9.80 Å². The summed E-state index contributed by atoms with van der Waals surface area (Å²) in [5, 5.41) is 9.14. The van der Waals surface area contributed by atoms with E-state index in [4.69, 9.17) is 9.84 Å². The molecule has 2 atom stereocenters. The predicted octanol–water partition coefficient (Wildman–Crippen LogP) is 0.644. The Labute approximate surface area is 123 Å². The van der Waals surface area contributed by atoms with Crippen molar-refractivity contribution in [2.24, 2.45) is 17.3 Å². The van der Waals surface area contributed by atoms with Crippen molar-refractivity contribution in [2.45, 2.75) is 20.8 Å². The average molecular weight is 298 g/mol. The number of carbonyl (C=O) groups excluding carboxylic acids is 2. The number of carboxylic acids is 1. The number of carboxylic acid groups (broad SMARTS) is 1. The third kappa shape index (κ3) is 2.82. The molecule has 118 valence electrons. The minimum atomic E-state index is -0.913. The fourth-order valence-electron chi connectivity index (χ4n) is 3.08. The number of hydrogen-bond donors (Lipinski definition) is 1. The molecule has 0 aromatic carbocycles. The molecule has 0 radical (unpaired) electrons. The molecule has 1 aliphatic heterocycles. The first kappa shape index (κ1) is 15.6. The van der Waals surface area contributed by atoms with Gasteiger partial charge >= 0.3 is 12.1 Å². The van der Waals surface area contributed by atoms with Gasteiger partial charge in [0.15, 0.2) is 0 Å². The molecule has 1 heterocycles. The maximum atomic E-state index is 12.4. The van der Waals surface area contributed by atoms with Crippen molar-refractivity contribution in [3.8, 4) is 0 Å². The summed E-state index contributed by atoms with van der Waals surface area (Å²) in [6.07, 6.45) is -0.361. The van der Waals surface area contributed by atoms with Gasteiger partial charge in [-0.3, -0.25) is 9.59 Å². The third-order valence-electron chi connectivity index (χ3n) is 4.48. The Morgan fingerprint density at radius 2 is 1.62 bits per heavy atom. The third-order valence-corrected chi connectivity index (χ3v) is 4.48. The summed E-state index contributed by atoms with van der Waals surface area (Å²) in [7, 11) is 0. The van der Waals surface area contributed by atoms with Gasteiger partial charge in [-0.15, -0.1) is 0 Å². The summed E-state index contributed by atoms with van der Waals surface area (Å²) >= 11 is 0. The van der Waals surface area contributed by atoms with E-state index in [-0.39, 0.29) is 12.0 Å². The summed E-state index contributed by atoms with van der Waals surface area (Å²) in [4.78, 5) is 38.4. The molecule has 21 heavy (non-hydrogen) atoms. The zero-order chi connectivity index (χ0) is 15.8. The summed E-state index contributed by atoms with van der Waals surface area (Å²) in [6.45, 7) is 7.40. The number of amides is 2. The Bertz CT molecular complexity index is 454. The number of nitrogens with zero attached hydrogens (tertiary/aromatic N) is 2. The van der Waals surface area contributed by atoms with Crippen LogP contribution in [0.25, 0.3) is 0 Å². The maximum Gasteiger partial charge on any atom is 0.409 e.